The lowest BCUT2D eigenvalue weighted by molar-refractivity contribution is -0.126. The summed E-state index contributed by atoms with van der Waals surface area (Å²) in [5.41, 5.74) is 0. The highest BCUT2D eigenvalue weighted by Crippen LogP contribution is 2.16. The van der Waals surface area contributed by atoms with Crippen LogP contribution in [-0.2, 0) is 4.79 Å². The average Bonchev–Trinajstić information content (AvgIpc) is 2.74. The molecule has 0 bridgehead atoms. The summed E-state index contributed by atoms with van der Waals surface area (Å²) in [5, 5.41) is 0. The molecule has 96 valence electrons. The molecular weight excluding hydrogens is 210 g/mol. The number of allylic oxidation sites excluding steroid dienone is 3. The van der Waals surface area contributed by atoms with E-state index in [9.17, 15) is 4.79 Å². The molecule has 1 fully saturated rings. The number of likely N-dealkylation sites (tertiary alicyclic amines) is 1. The first-order valence-electron chi connectivity index (χ1n) is 6.89. The molecule has 1 aliphatic rings. The fraction of sp³-hybridized carbons (Fsp3) is 0.667. The molecule has 2 nitrogen and oxygen atoms in total. The van der Waals surface area contributed by atoms with Gasteiger partial charge in [-0.2, -0.15) is 0 Å². The Morgan fingerprint density at radius 3 is 2.82 bits per heavy atom. The lowest BCUT2D eigenvalue weighted by Gasteiger charge is -2.19. The molecule has 1 unspecified atom stereocenters. The largest absolute Gasteiger partial charge is 0.336 e. The number of hydrogen-bond donors (Lipinski definition) is 0. The number of rotatable bonds is 6. The number of nitrogens with zero attached hydrogens (tertiary/aromatic N) is 1. The Hall–Kier alpha value is -1.05. The topological polar surface area (TPSA) is 20.3 Å². The number of unbranched alkanes of at least 4 members (excludes halogenated alkanes) is 3. The fourth-order valence-corrected chi connectivity index (χ4v) is 2.18. The maximum Gasteiger partial charge on any atom is 0.246 e. The number of carbonyl (C=O) groups is 1. The zero-order valence-corrected chi connectivity index (χ0v) is 11.2. The van der Waals surface area contributed by atoms with Crippen molar-refractivity contribution in [1.29, 1.82) is 0 Å². The standard InChI is InChI=1S/C15H25NO/c1-3-4-5-6-7-8-9-12-15(17)16-13-10-11-14(16)2/h7-9,12,14H,3-6,10-11,13H2,1-2H3. The molecule has 1 rings (SSSR count). The van der Waals surface area contributed by atoms with E-state index < -0.39 is 0 Å². The third kappa shape index (κ3) is 5.20. The van der Waals surface area contributed by atoms with E-state index in [2.05, 4.69) is 19.9 Å². The van der Waals surface area contributed by atoms with Crippen LogP contribution in [0, 0.1) is 0 Å². The van der Waals surface area contributed by atoms with Crippen LogP contribution in [0.3, 0.4) is 0 Å². The van der Waals surface area contributed by atoms with Crippen LogP contribution in [0.25, 0.3) is 0 Å². The van der Waals surface area contributed by atoms with Gasteiger partial charge in [-0.05, 0) is 32.6 Å². The molecule has 0 aromatic rings. The highest BCUT2D eigenvalue weighted by Gasteiger charge is 2.22. The van der Waals surface area contributed by atoms with Crippen molar-refractivity contribution in [2.24, 2.45) is 0 Å². The van der Waals surface area contributed by atoms with Gasteiger partial charge in [-0.1, -0.05) is 38.0 Å². The molecule has 2 heteroatoms. The molecule has 1 amide bonds. The van der Waals surface area contributed by atoms with Crippen molar-refractivity contribution in [2.75, 3.05) is 6.54 Å². The summed E-state index contributed by atoms with van der Waals surface area (Å²) in [4.78, 5) is 13.8. The first kappa shape index (κ1) is 14.0. The van der Waals surface area contributed by atoms with Crippen molar-refractivity contribution in [3.05, 3.63) is 24.3 Å². The van der Waals surface area contributed by atoms with Gasteiger partial charge in [0.15, 0.2) is 0 Å². The summed E-state index contributed by atoms with van der Waals surface area (Å²) >= 11 is 0. The highest BCUT2D eigenvalue weighted by atomic mass is 16.2. The minimum atomic E-state index is 0.160. The van der Waals surface area contributed by atoms with Gasteiger partial charge >= 0.3 is 0 Å². The van der Waals surface area contributed by atoms with Crippen molar-refractivity contribution >= 4 is 5.91 Å². The Morgan fingerprint density at radius 1 is 1.35 bits per heavy atom. The summed E-state index contributed by atoms with van der Waals surface area (Å²) in [6, 6.07) is 0.417. The van der Waals surface area contributed by atoms with Gasteiger partial charge in [0.05, 0.1) is 0 Å². The predicted molar refractivity (Wildman–Crippen MR) is 72.8 cm³/mol. The predicted octanol–water partition coefficient (Wildman–Crippen LogP) is 3.69. The second kappa shape index (κ2) is 8.10. The van der Waals surface area contributed by atoms with E-state index in [4.69, 9.17) is 0 Å². The normalized spacial score (nSPS) is 20.8. The fourth-order valence-electron chi connectivity index (χ4n) is 2.18. The van der Waals surface area contributed by atoms with Crippen molar-refractivity contribution in [1.82, 2.24) is 4.90 Å². The van der Waals surface area contributed by atoms with Crippen LogP contribution >= 0.6 is 0 Å². The Morgan fingerprint density at radius 2 is 2.18 bits per heavy atom. The SMILES string of the molecule is CCCCCC=CC=CC(=O)N1CCCC1C. The molecule has 1 heterocycles. The minimum Gasteiger partial charge on any atom is -0.336 e. The molecule has 0 aromatic heterocycles. The van der Waals surface area contributed by atoms with E-state index in [-0.39, 0.29) is 5.91 Å². The molecule has 17 heavy (non-hydrogen) atoms. The number of amides is 1. The lowest BCUT2D eigenvalue weighted by atomic mass is 10.2. The van der Waals surface area contributed by atoms with Gasteiger partial charge in [-0.25, -0.2) is 0 Å². The average molecular weight is 235 g/mol. The van der Waals surface area contributed by atoms with Crippen molar-refractivity contribution in [2.45, 2.75) is 58.4 Å². The minimum absolute atomic E-state index is 0.160. The van der Waals surface area contributed by atoms with Crippen LogP contribution in [0.1, 0.15) is 52.4 Å². The van der Waals surface area contributed by atoms with Crippen LogP contribution in [0.5, 0.6) is 0 Å². The first-order valence-corrected chi connectivity index (χ1v) is 6.89. The Labute approximate surface area is 105 Å². The van der Waals surface area contributed by atoms with Crippen molar-refractivity contribution < 1.29 is 4.79 Å². The third-order valence-corrected chi connectivity index (χ3v) is 3.30. The number of carbonyl (C=O) groups excluding carboxylic acids is 1. The van der Waals surface area contributed by atoms with E-state index >= 15 is 0 Å². The second-order valence-corrected chi connectivity index (χ2v) is 4.81. The maximum atomic E-state index is 11.8. The van der Waals surface area contributed by atoms with E-state index in [0.29, 0.717) is 6.04 Å². The smallest absolute Gasteiger partial charge is 0.246 e. The van der Waals surface area contributed by atoms with Gasteiger partial charge in [0.2, 0.25) is 5.91 Å². The Balaban J connectivity index is 2.21. The monoisotopic (exact) mass is 235 g/mol. The van der Waals surface area contributed by atoms with Crippen molar-refractivity contribution in [3.63, 3.8) is 0 Å². The van der Waals surface area contributed by atoms with Crippen LogP contribution in [0.15, 0.2) is 24.3 Å². The molecule has 1 saturated heterocycles. The molecular formula is C15H25NO. The summed E-state index contributed by atoms with van der Waals surface area (Å²) in [6.45, 7) is 5.25. The summed E-state index contributed by atoms with van der Waals surface area (Å²) in [5.74, 6) is 0.160. The van der Waals surface area contributed by atoms with Gasteiger partial charge in [0.1, 0.15) is 0 Å². The first-order chi connectivity index (χ1) is 8.25. The second-order valence-electron chi connectivity index (χ2n) is 4.81. The van der Waals surface area contributed by atoms with Crippen LogP contribution < -0.4 is 0 Å². The van der Waals surface area contributed by atoms with Crippen LogP contribution in [0.4, 0.5) is 0 Å². The zero-order valence-electron chi connectivity index (χ0n) is 11.2. The molecule has 1 aliphatic heterocycles. The zero-order chi connectivity index (χ0) is 12.5. The van der Waals surface area contributed by atoms with Crippen LogP contribution in [-0.4, -0.2) is 23.4 Å². The summed E-state index contributed by atoms with van der Waals surface area (Å²) in [7, 11) is 0. The molecule has 0 radical (unpaired) electrons. The lowest BCUT2D eigenvalue weighted by Crippen LogP contribution is -2.32. The Kier molecular flexibility index (Phi) is 6.68. The summed E-state index contributed by atoms with van der Waals surface area (Å²) in [6.07, 6.45) is 14.9. The highest BCUT2D eigenvalue weighted by molar-refractivity contribution is 5.88. The molecule has 0 aliphatic carbocycles. The summed E-state index contributed by atoms with van der Waals surface area (Å²) < 4.78 is 0. The van der Waals surface area contributed by atoms with Gasteiger partial charge in [0.25, 0.3) is 0 Å². The van der Waals surface area contributed by atoms with E-state index in [1.165, 1.54) is 19.3 Å². The van der Waals surface area contributed by atoms with Gasteiger partial charge < -0.3 is 4.90 Å². The molecule has 0 saturated carbocycles. The van der Waals surface area contributed by atoms with Crippen molar-refractivity contribution in [3.8, 4) is 0 Å². The molecule has 0 spiro atoms. The number of hydrogen-bond acceptors (Lipinski definition) is 1. The van der Waals surface area contributed by atoms with Gasteiger partial charge in [-0.15, -0.1) is 0 Å². The van der Waals surface area contributed by atoms with E-state index in [1.807, 2.05) is 17.1 Å². The van der Waals surface area contributed by atoms with Gasteiger partial charge in [0, 0.05) is 18.7 Å². The van der Waals surface area contributed by atoms with E-state index in [0.717, 1.165) is 25.8 Å². The van der Waals surface area contributed by atoms with Crippen LogP contribution in [0.2, 0.25) is 0 Å². The van der Waals surface area contributed by atoms with E-state index in [1.54, 1.807) is 6.08 Å². The third-order valence-electron chi connectivity index (χ3n) is 3.30. The maximum absolute atomic E-state index is 11.8. The Bertz CT molecular complexity index is 281. The molecule has 0 aromatic carbocycles. The quantitative estimate of drug-likeness (QED) is 0.390. The molecule has 1 atom stereocenters. The molecule has 0 N–H and O–H groups in total. The van der Waals surface area contributed by atoms with Gasteiger partial charge in [-0.3, -0.25) is 4.79 Å².